The monoisotopic (exact) mass is 326 g/mol. The van der Waals surface area contributed by atoms with Gasteiger partial charge in [-0.1, -0.05) is 62.9 Å². The fourth-order valence-corrected chi connectivity index (χ4v) is 3.24. The lowest BCUT2D eigenvalue weighted by molar-refractivity contribution is 0.547. The number of aromatic nitrogens is 2. The molecule has 1 aromatic carbocycles. The third-order valence-electron chi connectivity index (χ3n) is 4.66. The van der Waals surface area contributed by atoms with Crippen molar-refractivity contribution < 1.29 is 0 Å². The summed E-state index contributed by atoms with van der Waals surface area (Å²) in [5.74, 6) is 1.29. The third kappa shape index (κ3) is 6.14. The zero-order valence-electron chi connectivity index (χ0n) is 15.8. The molecule has 0 aliphatic carbocycles. The Morgan fingerprint density at radius 1 is 0.875 bits per heavy atom. The molecule has 0 aliphatic heterocycles. The van der Waals surface area contributed by atoms with Crippen molar-refractivity contribution in [3.05, 3.63) is 53.6 Å². The summed E-state index contributed by atoms with van der Waals surface area (Å²) in [6.45, 7) is 6.79. The van der Waals surface area contributed by atoms with E-state index in [9.17, 15) is 0 Å². The Morgan fingerprint density at radius 2 is 1.62 bits per heavy atom. The molecule has 0 aliphatic rings. The summed E-state index contributed by atoms with van der Waals surface area (Å²) in [6.07, 6.45) is 13.5. The van der Waals surface area contributed by atoms with E-state index in [-0.39, 0.29) is 0 Å². The van der Waals surface area contributed by atoms with Crippen LogP contribution < -0.4 is 0 Å². The molecule has 0 saturated carbocycles. The summed E-state index contributed by atoms with van der Waals surface area (Å²) >= 11 is 0. The second-order valence-electron chi connectivity index (χ2n) is 7.15. The smallest absolute Gasteiger partial charge is 0.109 e. The number of hydrogen-bond donors (Lipinski definition) is 0. The first-order valence-corrected chi connectivity index (χ1v) is 9.81. The fraction of sp³-hybridized carbons (Fsp3) is 0.591. The maximum atomic E-state index is 4.94. The Labute approximate surface area is 148 Å². The van der Waals surface area contributed by atoms with E-state index in [0.29, 0.717) is 6.04 Å². The highest BCUT2D eigenvalue weighted by molar-refractivity contribution is 5.15. The van der Waals surface area contributed by atoms with Crippen LogP contribution in [0.1, 0.15) is 82.4 Å². The van der Waals surface area contributed by atoms with Crippen molar-refractivity contribution in [3.63, 3.8) is 0 Å². The van der Waals surface area contributed by atoms with Crippen molar-refractivity contribution in [2.24, 2.45) is 0 Å². The molecule has 0 radical (unpaired) electrons. The average molecular weight is 327 g/mol. The van der Waals surface area contributed by atoms with Gasteiger partial charge in [-0.2, -0.15) is 0 Å². The van der Waals surface area contributed by atoms with Gasteiger partial charge in [0.1, 0.15) is 5.82 Å². The Hall–Kier alpha value is -1.57. The Kier molecular flexibility index (Phi) is 8.07. The number of aryl methyl sites for hydroxylation is 3. The van der Waals surface area contributed by atoms with Crippen molar-refractivity contribution in [1.29, 1.82) is 0 Å². The van der Waals surface area contributed by atoms with Gasteiger partial charge < -0.3 is 4.57 Å². The summed E-state index contributed by atoms with van der Waals surface area (Å²) in [4.78, 5) is 4.94. The maximum Gasteiger partial charge on any atom is 0.109 e. The minimum absolute atomic E-state index is 0.506. The van der Waals surface area contributed by atoms with Gasteiger partial charge in [0.25, 0.3) is 0 Å². The van der Waals surface area contributed by atoms with Gasteiger partial charge in [0.15, 0.2) is 0 Å². The molecular weight excluding hydrogens is 292 g/mol. The molecular formula is C22H34N2. The second-order valence-corrected chi connectivity index (χ2v) is 7.15. The highest BCUT2D eigenvalue weighted by atomic mass is 15.1. The largest absolute Gasteiger partial charge is 0.332 e. The zero-order valence-corrected chi connectivity index (χ0v) is 15.8. The van der Waals surface area contributed by atoms with Crippen LogP contribution in [-0.2, 0) is 19.3 Å². The van der Waals surface area contributed by atoms with Gasteiger partial charge in [-0.05, 0) is 45.1 Å². The molecule has 0 amide bonds. The van der Waals surface area contributed by atoms with E-state index in [1.807, 2.05) is 0 Å². The van der Waals surface area contributed by atoms with Gasteiger partial charge >= 0.3 is 0 Å². The molecule has 2 nitrogen and oxygen atoms in total. The predicted octanol–water partition coefficient (Wildman–Crippen LogP) is 6.15. The Balaban J connectivity index is 1.85. The summed E-state index contributed by atoms with van der Waals surface area (Å²) in [6, 6.07) is 11.3. The summed E-state index contributed by atoms with van der Waals surface area (Å²) in [5.41, 5.74) is 2.69. The molecule has 0 spiro atoms. The Bertz CT molecular complexity index is 569. The first kappa shape index (κ1) is 18.8. The van der Waals surface area contributed by atoms with Crippen LogP contribution >= 0.6 is 0 Å². The molecule has 0 N–H and O–H groups in total. The van der Waals surface area contributed by atoms with E-state index in [4.69, 9.17) is 4.98 Å². The predicted molar refractivity (Wildman–Crippen MR) is 104 cm³/mol. The normalized spacial score (nSPS) is 11.3. The van der Waals surface area contributed by atoms with Crippen LogP contribution in [0.15, 0.2) is 36.5 Å². The minimum Gasteiger partial charge on any atom is -0.332 e. The minimum atomic E-state index is 0.506. The fourth-order valence-electron chi connectivity index (χ4n) is 3.24. The van der Waals surface area contributed by atoms with Crippen LogP contribution in [0.5, 0.6) is 0 Å². The quantitative estimate of drug-likeness (QED) is 0.453. The van der Waals surface area contributed by atoms with Crippen molar-refractivity contribution in [2.75, 3.05) is 0 Å². The van der Waals surface area contributed by atoms with Gasteiger partial charge in [0, 0.05) is 18.7 Å². The molecule has 2 aromatic rings. The number of nitrogens with zero attached hydrogens (tertiary/aromatic N) is 2. The molecule has 2 rings (SSSR count). The highest BCUT2D eigenvalue weighted by Crippen LogP contribution is 2.16. The van der Waals surface area contributed by atoms with E-state index in [1.165, 1.54) is 55.6 Å². The van der Waals surface area contributed by atoms with Gasteiger partial charge in [0.2, 0.25) is 0 Å². The number of hydrogen-bond acceptors (Lipinski definition) is 1. The molecule has 1 aromatic heterocycles. The van der Waals surface area contributed by atoms with Crippen molar-refractivity contribution in [2.45, 2.75) is 84.6 Å². The van der Waals surface area contributed by atoms with E-state index < -0.39 is 0 Å². The number of unbranched alkanes of at least 4 members (excludes halogenated alkanes) is 4. The van der Waals surface area contributed by atoms with Crippen LogP contribution in [0, 0.1) is 0 Å². The summed E-state index contributed by atoms with van der Waals surface area (Å²) in [5, 5.41) is 0. The molecule has 2 heteroatoms. The van der Waals surface area contributed by atoms with Gasteiger partial charge in [-0.25, -0.2) is 4.98 Å². The highest BCUT2D eigenvalue weighted by Gasteiger charge is 2.10. The molecule has 0 atom stereocenters. The topological polar surface area (TPSA) is 17.8 Å². The summed E-state index contributed by atoms with van der Waals surface area (Å²) in [7, 11) is 0. The average Bonchev–Trinajstić information content (AvgIpc) is 2.99. The van der Waals surface area contributed by atoms with Crippen LogP contribution in [0.3, 0.4) is 0 Å². The van der Waals surface area contributed by atoms with E-state index >= 15 is 0 Å². The molecule has 132 valence electrons. The van der Waals surface area contributed by atoms with Crippen LogP contribution in [0.25, 0.3) is 0 Å². The van der Waals surface area contributed by atoms with Crippen molar-refractivity contribution in [1.82, 2.24) is 9.55 Å². The van der Waals surface area contributed by atoms with E-state index in [1.54, 1.807) is 0 Å². The molecule has 24 heavy (non-hydrogen) atoms. The lowest BCUT2D eigenvalue weighted by atomic mass is 10.1. The molecule has 0 saturated heterocycles. The van der Waals surface area contributed by atoms with Gasteiger partial charge in [-0.15, -0.1) is 0 Å². The van der Waals surface area contributed by atoms with Gasteiger partial charge in [0.05, 0.1) is 5.69 Å². The van der Waals surface area contributed by atoms with Crippen molar-refractivity contribution in [3.8, 4) is 0 Å². The molecule has 0 bridgehead atoms. The third-order valence-corrected chi connectivity index (χ3v) is 4.66. The lowest BCUT2D eigenvalue weighted by Crippen LogP contribution is -2.05. The second kappa shape index (κ2) is 10.3. The van der Waals surface area contributed by atoms with Gasteiger partial charge in [-0.3, -0.25) is 0 Å². The number of imidazole rings is 1. The number of rotatable bonds is 11. The van der Waals surface area contributed by atoms with E-state index in [2.05, 4.69) is 61.9 Å². The molecule has 1 heterocycles. The van der Waals surface area contributed by atoms with Crippen LogP contribution in [-0.4, -0.2) is 9.55 Å². The first-order chi connectivity index (χ1) is 11.7. The number of benzene rings is 1. The molecule has 0 fully saturated rings. The first-order valence-electron chi connectivity index (χ1n) is 9.81. The zero-order chi connectivity index (χ0) is 17.2. The molecule has 0 unspecified atom stereocenters. The van der Waals surface area contributed by atoms with Crippen LogP contribution in [0.4, 0.5) is 0 Å². The standard InChI is InChI=1S/C22H34N2/c1-4-5-6-7-11-17-22-23-21(18-24(22)19(2)3)16-12-15-20-13-9-8-10-14-20/h8-10,13-14,18-19H,4-7,11-12,15-17H2,1-3H3. The van der Waals surface area contributed by atoms with Crippen molar-refractivity contribution >= 4 is 0 Å². The Morgan fingerprint density at radius 3 is 2.33 bits per heavy atom. The van der Waals surface area contributed by atoms with E-state index in [0.717, 1.165) is 19.3 Å². The van der Waals surface area contributed by atoms with Crippen LogP contribution in [0.2, 0.25) is 0 Å². The SMILES string of the molecule is CCCCCCCc1nc(CCCc2ccccc2)cn1C(C)C. The summed E-state index contributed by atoms with van der Waals surface area (Å²) < 4.78 is 2.39. The lowest BCUT2D eigenvalue weighted by Gasteiger charge is -2.11. The maximum absolute atomic E-state index is 4.94.